The van der Waals surface area contributed by atoms with Gasteiger partial charge in [-0.3, -0.25) is 0 Å². The fourth-order valence-corrected chi connectivity index (χ4v) is 4.00. The molecule has 6 heteroatoms. The number of carbonyl (C=O) groups excluding carboxylic acids is 1. The molecular formula is C17H23N3O2S. The molecule has 2 aliphatic carbocycles. The van der Waals surface area contributed by atoms with E-state index in [-0.39, 0.29) is 5.97 Å². The predicted molar refractivity (Wildman–Crippen MR) is 92.3 cm³/mol. The predicted octanol–water partition coefficient (Wildman–Crippen LogP) is 3.38. The van der Waals surface area contributed by atoms with E-state index in [2.05, 4.69) is 15.3 Å². The number of nitrogens with one attached hydrogen (secondary N) is 1. The van der Waals surface area contributed by atoms with Gasteiger partial charge >= 0.3 is 5.97 Å². The molecule has 0 saturated heterocycles. The topological polar surface area (TPSA) is 64.1 Å². The van der Waals surface area contributed by atoms with E-state index in [1.165, 1.54) is 43.5 Å². The van der Waals surface area contributed by atoms with Crippen molar-refractivity contribution in [1.29, 1.82) is 0 Å². The Morgan fingerprint density at radius 1 is 1.48 bits per heavy atom. The van der Waals surface area contributed by atoms with Crippen LogP contribution >= 0.6 is 11.8 Å². The average Bonchev–Trinajstić information content (AvgIpc) is 3.16. The van der Waals surface area contributed by atoms with E-state index < -0.39 is 0 Å². The molecule has 23 heavy (non-hydrogen) atoms. The van der Waals surface area contributed by atoms with Crippen LogP contribution in [0.2, 0.25) is 0 Å². The van der Waals surface area contributed by atoms with Crippen LogP contribution in [0.4, 0.5) is 5.82 Å². The monoisotopic (exact) mass is 333 g/mol. The van der Waals surface area contributed by atoms with Crippen molar-refractivity contribution in [1.82, 2.24) is 9.97 Å². The van der Waals surface area contributed by atoms with Crippen LogP contribution in [0.15, 0.2) is 17.4 Å². The summed E-state index contributed by atoms with van der Waals surface area (Å²) in [4.78, 5) is 20.4. The summed E-state index contributed by atoms with van der Waals surface area (Å²) in [5.41, 5.74) is 0.832. The van der Waals surface area contributed by atoms with Gasteiger partial charge in [0.15, 0.2) is 5.16 Å². The molecule has 5 nitrogen and oxygen atoms in total. The van der Waals surface area contributed by atoms with Gasteiger partial charge in [-0.25, -0.2) is 14.8 Å². The maximum absolute atomic E-state index is 11.5. The quantitative estimate of drug-likeness (QED) is 0.373. The van der Waals surface area contributed by atoms with Gasteiger partial charge in [-0.2, -0.15) is 0 Å². The zero-order chi connectivity index (χ0) is 16.2. The Morgan fingerprint density at radius 3 is 3.00 bits per heavy atom. The lowest BCUT2D eigenvalue weighted by Crippen LogP contribution is -2.26. The zero-order valence-corrected chi connectivity index (χ0v) is 14.4. The highest BCUT2D eigenvalue weighted by atomic mass is 32.2. The lowest BCUT2D eigenvalue weighted by atomic mass is 9.95. The van der Waals surface area contributed by atoms with Crippen LogP contribution < -0.4 is 5.32 Å². The Bertz CT molecular complexity index is 606. The molecule has 0 amide bonds. The number of esters is 1. The number of aromatic nitrogens is 2. The third-order valence-electron chi connectivity index (χ3n) is 4.72. The normalized spacial score (nSPS) is 25.9. The Morgan fingerprint density at radius 2 is 2.35 bits per heavy atom. The molecule has 1 N–H and O–H groups in total. The summed E-state index contributed by atoms with van der Waals surface area (Å²) < 4.78 is 4.93. The third-order valence-corrected chi connectivity index (χ3v) is 5.29. The number of fused-ring (bicyclic) bond motifs is 2. The first-order valence-electron chi connectivity index (χ1n) is 8.22. The first-order chi connectivity index (χ1) is 11.2. The van der Waals surface area contributed by atoms with E-state index >= 15 is 0 Å². The molecule has 0 aliphatic heterocycles. The minimum absolute atomic E-state index is 0.340. The molecule has 3 rings (SSSR count). The second-order valence-corrected chi connectivity index (χ2v) is 6.95. The number of hydrogen-bond donors (Lipinski definition) is 1. The van der Waals surface area contributed by atoms with E-state index in [1.807, 2.05) is 6.26 Å². The summed E-state index contributed by atoms with van der Waals surface area (Å²) in [6.07, 6.45) is 12.2. The van der Waals surface area contributed by atoms with E-state index in [1.54, 1.807) is 19.2 Å². The van der Waals surface area contributed by atoms with Gasteiger partial charge in [-0.15, -0.1) is 0 Å². The van der Waals surface area contributed by atoms with Gasteiger partial charge in [0, 0.05) is 23.9 Å². The van der Waals surface area contributed by atoms with Crippen LogP contribution in [0.3, 0.4) is 0 Å². The standard InChI is InChI=1S/C17H23N3O2S/c1-3-22-15(21)7-6-13-10-18-17(23-2)20-16(13)19-14-9-11-4-5-12(14)8-11/h6-7,10-12,14H,3-5,8-9H2,1-2H3,(H,18,19,20)/b7-6+/t11-,12+,14-/m0/s1. The number of carbonyl (C=O) groups is 1. The first kappa shape index (κ1) is 16.3. The first-order valence-corrected chi connectivity index (χ1v) is 9.44. The zero-order valence-electron chi connectivity index (χ0n) is 13.6. The Hall–Kier alpha value is -1.56. The van der Waals surface area contributed by atoms with Crippen LogP contribution in [-0.4, -0.2) is 34.8 Å². The summed E-state index contributed by atoms with van der Waals surface area (Å²) in [6.45, 7) is 2.17. The highest BCUT2D eigenvalue weighted by Crippen LogP contribution is 2.45. The van der Waals surface area contributed by atoms with E-state index in [4.69, 9.17) is 4.74 Å². The molecule has 124 valence electrons. The fourth-order valence-electron chi connectivity index (χ4n) is 3.66. The lowest BCUT2D eigenvalue weighted by molar-refractivity contribution is -0.137. The van der Waals surface area contributed by atoms with Crippen LogP contribution in [0.25, 0.3) is 6.08 Å². The number of thioether (sulfide) groups is 1. The van der Waals surface area contributed by atoms with Gasteiger partial charge in [-0.05, 0) is 50.4 Å². The minimum Gasteiger partial charge on any atom is -0.463 e. The molecule has 2 bridgehead atoms. The van der Waals surface area contributed by atoms with Crippen molar-refractivity contribution in [2.45, 2.75) is 43.8 Å². The van der Waals surface area contributed by atoms with Crippen LogP contribution in [0.1, 0.15) is 38.2 Å². The number of nitrogens with zero attached hydrogens (tertiary/aromatic N) is 2. The highest BCUT2D eigenvalue weighted by Gasteiger charge is 2.39. The molecule has 1 heterocycles. The smallest absolute Gasteiger partial charge is 0.330 e. The summed E-state index contributed by atoms with van der Waals surface area (Å²) in [5.74, 6) is 2.11. The number of ether oxygens (including phenoxy) is 1. The van der Waals surface area contributed by atoms with E-state index in [9.17, 15) is 4.79 Å². The Balaban J connectivity index is 1.77. The summed E-state index contributed by atoms with van der Waals surface area (Å²) in [7, 11) is 0. The van der Waals surface area contributed by atoms with Crippen molar-refractivity contribution >= 4 is 29.6 Å². The molecule has 1 aromatic heterocycles. The highest BCUT2D eigenvalue weighted by molar-refractivity contribution is 7.98. The summed E-state index contributed by atoms with van der Waals surface area (Å²) in [6, 6.07) is 0.494. The van der Waals surface area contributed by atoms with Gasteiger partial charge in [0.1, 0.15) is 5.82 Å². The molecule has 2 aliphatic rings. The Kier molecular flexibility index (Phi) is 5.20. The molecule has 0 unspecified atom stereocenters. The van der Waals surface area contributed by atoms with Gasteiger partial charge in [0.05, 0.1) is 6.61 Å². The molecule has 2 saturated carbocycles. The number of anilines is 1. The molecule has 1 aromatic rings. The SMILES string of the molecule is CCOC(=O)/C=C/c1cnc(SC)nc1N[C@H]1C[C@H]2CC[C@@H]1C2. The van der Waals surface area contributed by atoms with Crippen molar-refractivity contribution < 1.29 is 9.53 Å². The number of hydrogen-bond acceptors (Lipinski definition) is 6. The second kappa shape index (κ2) is 7.34. The molecule has 0 aromatic carbocycles. The van der Waals surface area contributed by atoms with Crippen molar-refractivity contribution in [2.24, 2.45) is 11.8 Å². The third kappa shape index (κ3) is 3.86. The second-order valence-electron chi connectivity index (χ2n) is 6.17. The van der Waals surface area contributed by atoms with Crippen molar-refractivity contribution in [3.63, 3.8) is 0 Å². The van der Waals surface area contributed by atoms with Crippen molar-refractivity contribution in [3.05, 3.63) is 17.8 Å². The van der Waals surface area contributed by atoms with Gasteiger partial charge in [-0.1, -0.05) is 18.2 Å². The van der Waals surface area contributed by atoms with E-state index in [0.29, 0.717) is 12.6 Å². The number of rotatable bonds is 6. The average molecular weight is 333 g/mol. The maximum atomic E-state index is 11.5. The van der Waals surface area contributed by atoms with Crippen LogP contribution in [0.5, 0.6) is 0 Å². The fraction of sp³-hybridized carbons (Fsp3) is 0.588. The van der Waals surface area contributed by atoms with Crippen molar-refractivity contribution in [2.75, 3.05) is 18.2 Å². The minimum atomic E-state index is -0.340. The van der Waals surface area contributed by atoms with Gasteiger partial charge in [0.25, 0.3) is 0 Å². The van der Waals surface area contributed by atoms with Crippen LogP contribution in [0, 0.1) is 11.8 Å². The molecule has 0 radical (unpaired) electrons. The van der Waals surface area contributed by atoms with Crippen molar-refractivity contribution in [3.8, 4) is 0 Å². The Labute approximate surface area is 141 Å². The largest absolute Gasteiger partial charge is 0.463 e. The molecule has 0 spiro atoms. The molecule has 2 fully saturated rings. The van der Waals surface area contributed by atoms with Crippen LogP contribution in [-0.2, 0) is 9.53 Å². The molecule has 3 atom stereocenters. The molecular weight excluding hydrogens is 310 g/mol. The van der Waals surface area contributed by atoms with Gasteiger partial charge in [0.2, 0.25) is 0 Å². The summed E-state index contributed by atoms with van der Waals surface area (Å²) in [5, 5.41) is 4.34. The lowest BCUT2D eigenvalue weighted by Gasteiger charge is -2.24. The maximum Gasteiger partial charge on any atom is 0.330 e. The summed E-state index contributed by atoms with van der Waals surface area (Å²) >= 11 is 1.52. The van der Waals surface area contributed by atoms with Gasteiger partial charge < -0.3 is 10.1 Å². The van der Waals surface area contributed by atoms with E-state index in [0.717, 1.165) is 28.4 Å².